The lowest BCUT2D eigenvalue weighted by atomic mass is 9.84. The number of carbonyl (C=O) groups is 2. The van der Waals surface area contributed by atoms with Crippen molar-refractivity contribution in [3.05, 3.63) is 64.7 Å². The van der Waals surface area contributed by atoms with Crippen LogP contribution in [0.2, 0.25) is 0 Å². The lowest BCUT2D eigenvalue weighted by molar-refractivity contribution is -0.139. The standard InChI is InChI=1S/C29H37NO5/c1-7-9-15-30-25(19-11-10-12-21(17-19)35-16-8-2)24(27(32)28(30)33)26(31)20-13-14-23(34-6)22(18-20)29(3,4)5/h10-14,17-18,25,31H,7-9,15-16H2,1-6H3/b26-24+. The molecule has 6 heteroatoms. The summed E-state index contributed by atoms with van der Waals surface area (Å²) in [6, 6.07) is 12.1. The van der Waals surface area contributed by atoms with Gasteiger partial charge in [0, 0.05) is 17.7 Å². The zero-order valence-corrected chi connectivity index (χ0v) is 21.7. The summed E-state index contributed by atoms with van der Waals surface area (Å²) >= 11 is 0. The first-order chi connectivity index (χ1) is 16.6. The van der Waals surface area contributed by atoms with Crippen LogP contribution in [-0.4, -0.2) is 42.0 Å². The van der Waals surface area contributed by atoms with Crippen molar-refractivity contribution < 1.29 is 24.2 Å². The van der Waals surface area contributed by atoms with E-state index < -0.39 is 17.7 Å². The second-order valence-corrected chi connectivity index (χ2v) is 9.93. The second-order valence-electron chi connectivity index (χ2n) is 9.93. The number of hydrogen-bond donors (Lipinski definition) is 1. The average molecular weight is 480 g/mol. The maximum absolute atomic E-state index is 13.3. The van der Waals surface area contributed by atoms with E-state index in [1.807, 2.05) is 44.2 Å². The minimum Gasteiger partial charge on any atom is -0.507 e. The lowest BCUT2D eigenvalue weighted by Gasteiger charge is -2.26. The summed E-state index contributed by atoms with van der Waals surface area (Å²) in [7, 11) is 1.61. The molecule has 0 spiro atoms. The quantitative estimate of drug-likeness (QED) is 0.271. The first-order valence-corrected chi connectivity index (χ1v) is 12.3. The highest BCUT2D eigenvalue weighted by Gasteiger charge is 2.46. The van der Waals surface area contributed by atoms with Crippen LogP contribution in [0.15, 0.2) is 48.0 Å². The molecule has 1 fully saturated rings. The molecule has 0 aliphatic carbocycles. The summed E-state index contributed by atoms with van der Waals surface area (Å²) in [5.74, 6) is -0.0638. The average Bonchev–Trinajstić information content (AvgIpc) is 3.09. The molecule has 1 aliphatic rings. The normalized spacial score (nSPS) is 17.7. The predicted octanol–water partition coefficient (Wildman–Crippen LogP) is 6.00. The van der Waals surface area contributed by atoms with Gasteiger partial charge in [-0.15, -0.1) is 0 Å². The predicted molar refractivity (Wildman–Crippen MR) is 138 cm³/mol. The smallest absolute Gasteiger partial charge is 0.295 e. The van der Waals surface area contributed by atoms with Crippen LogP contribution in [0.1, 0.15) is 76.6 Å². The van der Waals surface area contributed by atoms with Gasteiger partial charge in [0.2, 0.25) is 0 Å². The molecular weight excluding hydrogens is 442 g/mol. The van der Waals surface area contributed by atoms with Crippen molar-refractivity contribution in [2.24, 2.45) is 0 Å². The first kappa shape index (κ1) is 26.3. The molecule has 3 rings (SSSR count). The van der Waals surface area contributed by atoms with E-state index in [4.69, 9.17) is 9.47 Å². The Morgan fingerprint density at radius 3 is 2.43 bits per heavy atom. The Kier molecular flexibility index (Phi) is 8.26. The zero-order valence-electron chi connectivity index (χ0n) is 21.7. The van der Waals surface area contributed by atoms with Crippen molar-refractivity contribution in [3.63, 3.8) is 0 Å². The summed E-state index contributed by atoms with van der Waals surface area (Å²) in [6.45, 7) is 11.2. The molecule has 35 heavy (non-hydrogen) atoms. The summed E-state index contributed by atoms with van der Waals surface area (Å²) in [5.41, 5.74) is 1.96. The minimum absolute atomic E-state index is 0.101. The number of benzene rings is 2. The molecule has 0 radical (unpaired) electrons. The highest BCUT2D eigenvalue weighted by molar-refractivity contribution is 6.46. The van der Waals surface area contributed by atoms with Gasteiger partial charge < -0.3 is 19.5 Å². The highest BCUT2D eigenvalue weighted by atomic mass is 16.5. The summed E-state index contributed by atoms with van der Waals surface area (Å²) in [4.78, 5) is 28.0. The molecule has 2 aromatic carbocycles. The molecule has 188 valence electrons. The van der Waals surface area contributed by atoms with E-state index in [0.717, 1.165) is 30.4 Å². The number of unbranched alkanes of at least 4 members (excludes halogenated alkanes) is 1. The van der Waals surface area contributed by atoms with Gasteiger partial charge in [-0.2, -0.15) is 0 Å². The summed E-state index contributed by atoms with van der Waals surface area (Å²) < 4.78 is 11.3. The van der Waals surface area contributed by atoms with Crippen LogP contribution in [-0.2, 0) is 15.0 Å². The van der Waals surface area contributed by atoms with E-state index in [1.165, 1.54) is 0 Å². The molecule has 6 nitrogen and oxygen atoms in total. The van der Waals surface area contributed by atoms with Crippen molar-refractivity contribution in [2.45, 2.75) is 65.3 Å². The molecule has 0 aromatic heterocycles. The Labute approximate surface area is 208 Å². The third kappa shape index (κ3) is 5.53. The molecule has 0 saturated carbocycles. The van der Waals surface area contributed by atoms with Crippen LogP contribution in [0.3, 0.4) is 0 Å². The third-order valence-corrected chi connectivity index (χ3v) is 6.22. The van der Waals surface area contributed by atoms with E-state index in [1.54, 1.807) is 24.1 Å². The van der Waals surface area contributed by atoms with Crippen molar-refractivity contribution in [2.75, 3.05) is 20.3 Å². The Hall–Kier alpha value is -3.28. The third-order valence-electron chi connectivity index (χ3n) is 6.22. The number of carbonyl (C=O) groups excluding carboxylic acids is 2. The number of nitrogens with zero attached hydrogens (tertiary/aromatic N) is 1. The number of hydrogen-bond acceptors (Lipinski definition) is 5. The number of aliphatic hydroxyl groups is 1. The molecule has 1 saturated heterocycles. The van der Waals surface area contributed by atoms with Crippen LogP contribution >= 0.6 is 0 Å². The molecule has 1 heterocycles. The van der Waals surface area contributed by atoms with Gasteiger partial charge in [0.1, 0.15) is 17.3 Å². The van der Waals surface area contributed by atoms with Gasteiger partial charge in [-0.05, 0) is 54.2 Å². The number of ether oxygens (including phenoxy) is 2. The SMILES string of the molecule is CCCCN1C(=O)C(=O)/C(=C(/O)c2ccc(OC)c(C(C)(C)C)c2)C1c1cccc(OCCC)c1. The zero-order chi connectivity index (χ0) is 25.8. The lowest BCUT2D eigenvalue weighted by Crippen LogP contribution is -2.30. The molecule has 0 bridgehead atoms. The monoisotopic (exact) mass is 479 g/mol. The molecular formula is C29H37NO5. The number of Topliss-reactive ketones (excluding diaryl/α,β-unsaturated/α-hetero) is 1. The van der Waals surface area contributed by atoms with E-state index in [2.05, 4.69) is 20.8 Å². The second kappa shape index (κ2) is 11.0. The molecule has 1 aliphatic heterocycles. The molecule has 1 unspecified atom stereocenters. The first-order valence-electron chi connectivity index (χ1n) is 12.3. The van der Waals surface area contributed by atoms with E-state index in [-0.39, 0.29) is 16.7 Å². The molecule has 1 N–H and O–H groups in total. The van der Waals surface area contributed by atoms with Crippen molar-refractivity contribution in [3.8, 4) is 11.5 Å². The number of amides is 1. The fourth-order valence-corrected chi connectivity index (χ4v) is 4.38. The van der Waals surface area contributed by atoms with Gasteiger partial charge in [-0.1, -0.05) is 53.2 Å². The van der Waals surface area contributed by atoms with Gasteiger partial charge in [-0.25, -0.2) is 0 Å². The fourth-order valence-electron chi connectivity index (χ4n) is 4.38. The highest BCUT2D eigenvalue weighted by Crippen LogP contribution is 2.41. The number of likely N-dealkylation sites (tertiary alicyclic amines) is 1. The summed E-state index contributed by atoms with van der Waals surface area (Å²) in [6.07, 6.45) is 2.50. The van der Waals surface area contributed by atoms with Crippen molar-refractivity contribution in [1.29, 1.82) is 0 Å². The largest absolute Gasteiger partial charge is 0.507 e. The van der Waals surface area contributed by atoms with Gasteiger partial charge in [0.05, 0.1) is 25.3 Å². The van der Waals surface area contributed by atoms with Gasteiger partial charge >= 0.3 is 0 Å². The van der Waals surface area contributed by atoms with Crippen molar-refractivity contribution in [1.82, 2.24) is 4.90 Å². The van der Waals surface area contributed by atoms with E-state index in [9.17, 15) is 14.7 Å². The minimum atomic E-state index is -0.688. The Morgan fingerprint density at radius 2 is 1.80 bits per heavy atom. The Bertz CT molecular complexity index is 1110. The number of methoxy groups -OCH3 is 1. The molecule has 1 atom stereocenters. The van der Waals surface area contributed by atoms with Crippen LogP contribution in [0.5, 0.6) is 11.5 Å². The van der Waals surface area contributed by atoms with E-state index >= 15 is 0 Å². The summed E-state index contributed by atoms with van der Waals surface area (Å²) in [5, 5.41) is 11.5. The van der Waals surface area contributed by atoms with Crippen LogP contribution in [0.4, 0.5) is 0 Å². The van der Waals surface area contributed by atoms with Crippen LogP contribution in [0.25, 0.3) is 5.76 Å². The van der Waals surface area contributed by atoms with E-state index in [0.29, 0.717) is 30.2 Å². The maximum atomic E-state index is 13.3. The molecule has 1 amide bonds. The fraction of sp³-hybridized carbons (Fsp3) is 0.448. The Morgan fingerprint density at radius 1 is 1.06 bits per heavy atom. The van der Waals surface area contributed by atoms with Crippen molar-refractivity contribution >= 4 is 17.4 Å². The van der Waals surface area contributed by atoms with Gasteiger partial charge in [0.15, 0.2) is 0 Å². The number of ketones is 1. The van der Waals surface area contributed by atoms with Gasteiger partial charge in [0.25, 0.3) is 11.7 Å². The van der Waals surface area contributed by atoms with Gasteiger partial charge in [-0.3, -0.25) is 9.59 Å². The van der Waals surface area contributed by atoms with Crippen LogP contribution in [0, 0.1) is 0 Å². The topological polar surface area (TPSA) is 76.1 Å². The Balaban J connectivity index is 2.19. The molecule has 2 aromatic rings. The number of aliphatic hydroxyl groups excluding tert-OH is 1. The maximum Gasteiger partial charge on any atom is 0.295 e. The number of rotatable bonds is 9. The van der Waals surface area contributed by atoms with Crippen LogP contribution < -0.4 is 9.47 Å².